The van der Waals surface area contributed by atoms with Crippen molar-refractivity contribution in [2.24, 2.45) is 0 Å². The summed E-state index contributed by atoms with van der Waals surface area (Å²) in [5.41, 5.74) is 1.78. The lowest BCUT2D eigenvalue weighted by atomic mass is 10.0. The minimum absolute atomic E-state index is 0.138. The van der Waals surface area contributed by atoms with Gasteiger partial charge in [-0.05, 0) is 48.9 Å². The van der Waals surface area contributed by atoms with E-state index in [0.717, 1.165) is 5.56 Å². The molecule has 0 aliphatic carbocycles. The number of sulfonamides is 1. The predicted octanol–water partition coefficient (Wildman–Crippen LogP) is 3.37. The first kappa shape index (κ1) is 23.6. The van der Waals surface area contributed by atoms with Crippen LogP contribution >= 0.6 is 11.3 Å². The third-order valence-electron chi connectivity index (χ3n) is 5.60. The molecule has 0 unspecified atom stereocenters. The second-order valence-electron chi connectivity index (χ2n) is 8.42. The molecule has 1 amide bonds. The summed E-state index contributed by atoms with van der Waals surface area (Å²) in [5, 5.41) is 3.15. The number of nitrogens with zero attached hydrogens (tertiary/aromatic N) is 3. The summed E-state index contributed by atoms with van der Waals surface area (Å²) in [5.74, 6) is 0.684. The monoisotopic (exact) mass is 488 g/mol. The molecule has 2 heterocycles. The van der Waals surface area contributed by atoms with Crippen molar-refractivity contribution in [2.75, 3.05) is 45.2 Å². The summed E-state index contributed by atoms with van der Waals surface area (Å²) in [6.45, 7) is 6.42. The number of anilines is 1. The Morgan fingerprint density at radius 1 is 1.15 bits per heavy atom. The Balaban J connectivity index is 1.42. The van der Waals surface area contributed by atoms with Crippen molar-refractivity contribution in [3.05, 3.63) is 48.0 Å². The zero-order valence-electron chi connectivity index (χ0n) is 18.9. The minimum atomic E-state index is -3.56. The zero-order valence-corrected chi connectivity index (χ0v) is 20.6. The van der Waals surface area contributed by atoms with Gasteiger partial charge in [0.05, 0.1) is 15.1 Å². The molecule has 0 atom stereocenters. The molecule has 176 valence electrons. The van der Waals surface area contributed by atoms with E-state index in [4.69, 9.17) is 4.74 Å². The van der Waals surface area contributed by atoms with Gasteiger partial charge < -0.3 is 9.64 Å². The molecule has 1 aromatic heterocycles. The summed E-state index contributed by atoms with van der Waals surface area (Å²) in [7, 11) is -1.58. The van der Waals surface area contributed by atoms with E-state index in [0.29, 0.717) is 53.2 Å². The van der Waals surface area contributed by atoms with Crippen LogP contribution in [0.1, 0.15) is 25.3 Å². The van der Waals surface area contributed by atoms with E-state index in [9.17, 15) is 13.2 Å². The number of fused-ring (bicyclic) bond motifs is 1. The number of carbonyl (C=O) groups excluding carboxylic acids is 1. The number of piperazine rings is 1. The van der Waals surface area contributed by atoms with Gasteiger partial charge in [0.25, 0.3) is 5.91 Å². The van der Waals surface area contributed by atoms with Crippen molar-refractivity contribution < 1.29 is 17.9 Å². The number of hydrogen-bond acceptors (Lipinski definition) is 7. The van der Waals surface area contributed by atoms with E-state index in [1.165, 1.54) is 15.6 Å². The van der Waals surface area contributed by atoms with Gasteiger partial charge in [-0.3, -0.25) is 10.1 Å². The molecule has 0 saturated carbocycles. The quantitative estimate of drug-likeness (QED) is 0.548. The highest BCUT2D eigenvalue weighted by Crippen LogP contribution is 2.29. The number of rotatable bonds is 7. The van der Waals surface area contributed by atoms with Crippen molar-refractivity contribution in [1.29, 1.82) is 0 Å². The maximum Gasteiger partial charge on any atom is 0.264 e. The van der Waals surface area contributed by atoms with Gasteiger partial charge in [0.15, 0.2) is 11.7 Å². The fourth-order valence-corrected chi connectivity index (χ4v) is 6.01. The Hall–Kier alpha value is -2.53. The Morgan fingerprint density at radius 2 is 1.91 bits per heavy atom. The van der Waals surface area contributed by atoms with Gasteiger partial charge in [0.2, 0.25) is 10.0 Å². The van der Waals surface area contributed by atoms with Gasteiger partial charge in [0.1, 0.15) is 5.75 Å². The molecule has 0 radical (unpaired) electrons. The topological polar surface area (TPSA) is 91.8 Å². The molecule has 3 aromatic rings. The van der Waals surface area contributed by atoms with Crippen molar-refractivity contribution in [3.63, 3.8) is 0 Å². The van der Waals surface area contributed by atoms with E-state index < -0.39 is 10.0 Å². The first-order valence-electron chi connectivity index (χ1n) is 10.8. The fraction of sp³-hybridized carbons (Fsp3) is 0.391. The smallest absolute Gasteiger partial charge is 0.264 e. The van der Waals surface area contributed by atoms with Crippen LogP contribution in [0.3, 0.4) is 0 Å². The molecule has 8 nitrogen and oxygen atoms in total. The molecule has 0 bridgehead atoms. The number of ether oxygens (including phenoxy) is 1. The second kappa shape index (κ2) is 9.76. The summed E-state index contributed by atoms with van der Waals surface area (Å²) < 4.78 is 33.9. The molecule has 1 saturated heterocycles. The number of hydrogen-bond donors (Lipinski definition) is 1. The average molecular weight is 489 g/mol. The van der Waals surface area contributed by atoms with E-state index in [-0.39, 0.29) is 17.4 Å². The zero-order chi connectivity index (χ0) is 23.6. The molecule has 4 rings (SSSR count). The van der Waals surface area contributed by atoms with Gasteiger partial charge in [0, 0.05) is 26.2 Å². The van der Waals surface area contributed by atoms with Crippen LogP contribution in [0.2, 0.25) is 0 Å². The van der Waals surface area contributed by atoms with E-state index in [1.807, 2.05) is 31.3 Å². The Kier molecular flexibility index (Phi) is 6.99. The normalized spacial score (nSPS) is 15.8. The van der Waals surface area contributed by atoms with E-state index in [1.54, 1.807) is 18.2 Å². The summed E-state index contributed by atoms with van der Waals surface area (Å²) in [4.78, 5) is 19.1. The first-order valence-corrected chi connectivity index (χ1v) is 13.1. The van der Waals surface area contributed by atoms with Crippen molar-refractivity contribution in [1.82, 2.24) is 14.2 Å². The SMILES string of the molecule is CC(C)c1cccc(OCC(=O)Nc2nc3ccc(S(=O)(=O)N4CCN(C)CC4)cc3s2)c1. The van der Waals surface area contributed by atoms with Crippen LogP contribution in [0, 0.1) is 0 Å². The molecule has 10 heteroatoms. The molecule has 1 fully saturated rings. The standard InChI is InChI=1S/C23H28N4O4S2/c1-16(2)17-5-4-6-18(13-17)31-15-22(28)25-23-24-20-8-7-19(14-21(20)32-23)33(29,30)27-11-9-26(3)10-12-27/h4-8,13-14,16H,9-12,15H2,1-3H3,(H,24,25,28). The highest BCUT2D eigenvalue weighted by Gasteiger charge is 2.27. The number of amides is 1. The van der Waals surface area contributed by atoms with Crippen LogP contribution in [0.4, 0.5) is 5.13 Å². The van der Waals surface area contributed by atoms with Crippen LogP contribution in [0.25, 0.3) is 10.2 Å². The number of carbonyl (C=O) groups is 1. The van der Waals surface area contributed by atoms with Gasteiger partial charge in [-0.25, -0.2) is 13.4 Å². The largest absolute Gasteiger partial charge is 0.484 e. The number of thiazole rings is 1. The lowest BCUT2D eigenvalue weighted by Crippen LogP contribution is -2.46. The average Bonchev–Trinajstić information content (AvgIpc) is 3.19. The van der Waals surface area contributed by atoms with Crippen LogP contribution in [-0.4, -0.2) is 68.3 Å². The van der Waals surface area contributed by atoms with Gasteiger partial charge in [-0.2, -0.15) is 4.31 Å². The molecule has 0 spiro atoms. The summed E-state index contributed by atoms with van der Waals surface area (Å²) in [6.07, 6.45) is 0. The van der Waals surface area contributed by atoms with Crippen molar-refractivity contribution in [2.45, 2.75) is 24.7 Å². The highest BCUT2D eigenvalue weighted by molar-refractivity contribution is 7.89. The second-order valence-corrected chi connectivity index (χ2v) is 11.4. The minimum Gasteiger partial charge on any atom is -0.484 e. The first-order chi connectivity index (χ1) is 15.7. The van der Waals surface area contributed by atoms with Crippen LogP contribution in [0.15, 0.2) is 47.4 Å². The number of aromatic nitrogens is 1. The van der Waals surface area contributed by atoms with Crippen LogP contribution < -0.4 is 10.1 Å². The molecule has 1 N–H and O–H groups in total. The van der Waals surface area contributed by atoms with Gasteiger partial charge in [-0.1, -0.05) is 37.3 Å². The Bertz CT molecular complexity index is 1250. The molecule has 33 heavy (non-hydrogen) atoms. The van der Waals surface area contributed by atoms with E-state index >= 15 is 0 Å². The fourth-order valence-electron chi connectivity index (χ4n) is 3.56. The van der Waals surface area contributed by atoms with Gasteiger partial charge >= 0.3 is 0 Å². The molecular weight excluding hydrogens is 460 g/mol. The summed E-state index contributed by atoms with van der Waals surface area (Å²) >= 11 is 1.24. The molecule has 1 aliphatic rings. The molecular formula is C23H28N4O4S2. The third kappa shape index (κ3) is 5.52. The number of nitrogens with one attached hydrogen (secondary N) is 1. The highest BCUT2D eigenvalue weighted by atomic mass is 32.2. The lowest BCUT2D eigenvalue weighted by Gasteiger charge is -2.31. The predicted molar refractivity (Wildman–Crippen MR) is 131 cm³/mol. The summed E-state index contributed by atoms with van der Waals surface area (Å²) in [6, 6.07) is 12.6. The van der Waals surface area contributed by atoms with E-state index in [2.05, 4.69) is 29.0 Å². The van der Waals surface area contributed by atoms with Crippen molar-refractivity contribution >= 4 is 42.6 Å². The van der Waals surface area contributed by atoms with Crippen LogP contribution in [-0.2, 0) is 14.8 Å². The van der Waals surface area contributed by atoms with Crippen LogP contribution in [0.5, 0.6) is 5.75 Å². The van der Waals surface area contributed by atoms with Gasteiger partial charge in [-0.15, -0.1) is 0 Å². The number of likely N-dealkylation sites (N-methyl/N-ethyl adjacent to an activating group) is 1. The molecule has 2 aromatic carbocycles. The number of benzene rings is 2. The Morgan fingerprint density at radius 3 is 2.64 bits per heavy atom. The maximum absolute atomic E-state index is 13.0. The third-order valence-corrected chi connectivity index (χ3v) is 8.43. The lowest BCUT2D eigenvalue weighted by molar-refractivity contribution is -0.118. The Labute approximate surface area is 198 Å². The van der Waals surface area contributed by atoms with Crippen molar-refractivity contribution in [3.8, 4) is 5.75 Å². The molecule has 1 aliphatic heterocycles. The maximum atomic E-state index is 13.0.